The number of aromatic amines is 2. The molecular formula is C21H24N8O4. The molecule has 1 fully saturated rings. The number of nitrogens with zero attached hydrogens (tertiary/aromatic N) is 6. The highest BCUT2D eigenvalue weighted by atomic mass is 16.6. The molecular weight excluding hydrogens is 428 g/mol. The molecule has 0 radical (unpaired) electrons. The minimum absolute atomic E-state index is 0.0206. The predicted molar refractivity (Wildman–Crippen MR) is 120 cm³/mol. The van der Waals surface area contributed by atoms with Crippen molar-refractivity contribution >= 4 is 16.9 Å². The van der Waals surface area contributed by atoms with E-state index in [1.165, 1.54) is 0 Å². The number of likely N-dealkylation sites (tertiary alicyclic amines) is 1. The van der Waals surface area contributed by atoms with Gasteiger partial charge in [-0.05, 0) is 36.9 Å². The lowest BCUT2D eigenvalue weighted by atomic mass is 10.1. The van der Waals surface area contributed by atoms with Crippen molar-refractivity contribution in [2.75, 3.05) is 19.6 Å². The van der Waals surface area contributed by atoms with E-state index in [2.05, 4.69) is 30.2 Å². The van der Waals surface area contributed by atoms with E-state index in [0.717, 1.165) is 10.8 Å². The van der Waals surface area contributed by atoms with Gasteiger partial charge in [-0.15, -0.1) is 0 Å². The molecule has 1 aliphatic heterocycles. The minimum atomic E-state index is -0.919. The molecule has 1 aliphatic rings. The Labute approximate surface area is 188 Å². The summed E-state index contributed by atoms with van der Waals surface area (Å²) >= 11 is 0. The number of hydrogen-bond acceptors (Lipinski definition) is 7. The maximum atomic E-state index is 12.7. The summed E-state index contributed by atoms with van der Waals surface area (Å²) in [7, 11) is 0. The maximum absolute atomic E-state index is 12.7. The molecule has 3 aromatic rings. The van der Waals surface area contributed by atoms with E-state index < -0.39 is 17.4 Å². The number of carbonyl (C=O) groups is 1. The number of nitrogens with one attached hydrogen (secondary N) is 2. The molecule has 1 amide bonds. The molecule has 172 valence electrons. The van der Waals surface area contributed by atoms with E-state index >= 15 is 0 Å². The summed E-state index contributed by atoms with van der Waals surface area (Å²) in [5.41, 5.74) is 7.63. The number of azide groups is 1. The zero-order valence-corrected chi connectivity index (χ0v) is 18.5. The van der Waals surface area contributed by atoms with Crippen molar-refractivity contribution < 1.29 is 14.3 Å². The first-order valence-electron chi connectivity index (χ1n) is 10.5. The number of H-pyrrole nitrogens is 2. The van der Waals surface area contributed by atoms with Crippen molar-refractivity contribution in [1.29, 1.82) is 0 Å². The average molecular weight is 452 g/mol. The molecule has 1 aromatic carbocycles. The first-order chi connectivity index (χ1) is 15.8. The van der Waals surface area contributed by atoms with Crippen molar-refractivity contribution in [3.63, 3.8) is 0 Å². The van der Waals surface area contributed by atoms with Gasteiger partial charge in [0.1, 0.15) is 17.4 Å². The first kappa shape index (κ1) is 22.2. The molecule has 4 rings (SSSR count). The van der Waals surface area contributed by atoms with E-state index in [1.807, 2.05) is 37.3 Å². The summed E-state index contributed by atoms with van der Waals surface area (Å²) in [4.78, 5) is 35.6. The smallest absolute Gasteiger partial charge is 0.410 e. The third-order valence-corrected chi connectivity index (χ3v) is 5.39. The van der Waals surface area contributed by atoms with Gasteiger partial charge in [0.2, 0.25) is 5.88 Å². The largest absolute Gasteiger partial charge is 0.472 e. The summed E-state index contributed by atoms with van der Waals surface area (Å²) in [5.74, 6) is 0.720. The lowest BCUT2D eigenvalue weighted by Crippen LogP contribution is -2.39. The second-order valence-electron chi connectivity index (χ2n) is 8.62. The van der Waals surface area contributed by atoms with Crippen LogP contribution >= 0.6 is 0 Å². The number of hydrogen-bond donors (Lipinski definition) is 2. The molecule has 2 aromatic heterocycles. The van der Waals surface area contributed by atoms with Crippen LogP contribution in [0.3, 0.4) is 0 Å². The molecule has 3 heterocycles. The van der Waals surface area contributed by atoms with Gasteiger partial charge in [0, 0.05) is 22.8 Å². The van der Waals surface area contributed by atoms with Crippen LogP contribution in [0.25, 0.3) is 32.7 Å². The zero-order valence-electron chi connectivity index (χ0n) is 18.5. The van der Waals surface area contributed by atoms with Gasteiger partial charge >= 0.3 is 11.8 Å². The van der Waals surface area contributed by atoms with E-state index in [-0.39, 0.29) is 18.6 Å². The van der Waals surface area contributed by atoms with Crippen LogP contribution in [0.2, 0.25) is 0 Å². The maximum Gasteiger partial charge on any atom is 0.410 e. The third kappa shape index (κ3) is 4.90. The number of aromatic nitrogens is 4. The molecule has 0 spiro atoms. The molecule has 1 saturated heterocycles. The van der Waals surface area contributed by atoms with E-state index in [1.54, 1.807) is 18.7 Å². The molecule has 12 nitrogen and oxygen atoms in total. The van der Waals surface area contributed by atoms with Crippen molar-refractivity contribution in [3.8, 4) is 17.4 Å². The Bertz CT molecular complexity index is 1280. The van der Waals surface area contributed by atoms with Crippen molar-refractivity contribution in [2.24, 2.45) is 11.0 Å². The number of carbonyl (C=O) groups excluding carboxylic acids is 1. The number of fused-ring (bicyclic) bond motifs is 1. The minimum Gasteiger partial charge on any atom is -0.472 e. The molecule has 0 saturated carbocycles. The zero-order chi connectivity index (χ0) is 23.6. The molecule has 0 bridgehead atoms. The van der Waals surface area contributed by atoms with Crippen LogP contribution in [0.5, 0.6) is 5.88 Å². The van der Waals surface area contributed by atoms with Crippen LogP contribution in [-0.4, -0.2) is 62.5 Å². The number of rotatable bonds is 6. The standard InChI is InChI=1S/C21H24N8O4/c1-12-9-29(20(31)33-21(2,3)11-23-28-22)10-16(12)32-18-14-7-5-4-6-13(14)8-15(24-18)17-25-19(30)27-26-17/h4-8,12,16H,9-11H2,1-3H3,(H2,25,26,27,30)/t12-,16-/m0/s1. The monoisotopic (exact) mass is 452 g/mol. The van der Waals surface area contributed by atoms with Gasteiger partial charge in [0.15, 0.2) is 5.82 Å². The lowest BCUT2D eigenvalue weighted by molar-refractivity contribution is 0.0214. The van der Waals surface area contributed by atoms with Crippen LogP contribution in [0.1, 0.15) is 20.8 Å². The van der Waals surface area contributed by atoms with E-state index in [9.17, 15) is 9.59 Å². The Balaban J connectivity index is 1.55. The van der Waals surface area contributed by atoms with Crippen molar-refractivity contribution in [3.05, 3.63) is 51.3 Å². The van der Waals surface area contributed by atoms with Crippen molar-refractivity contribution in [1.82, 2.24) is 25.1 Å². The number of pyridine rings is 1. The fourth-order valence-corrected chi connectivity index (χ4v) is 3.69. The number of amides is 1. The predicted octanol–water partition coefficient (Wildman–Crippen LogP) is 3.24. The van der Waals surface area contributed by atoms with E-state index in [4.69, 9.17) is 15.0 Å². The van der Waals surface area contributed by atoms with Crippen molar-refractivity contribution in [2.45, 2.75) is 32.5 Å². The van der Waals surface area contributed by atoms with Gasteiger partial charge < -0.3 is 14.4 Å². The van der Waals surface area contributed by atoms with Crippen LogP contribution in [-0.2, 0) is 4.74 Å². The Morgan fingerprint density at radius 3 is 2.88 bits per heavy atom. The SMILES string of the molecule is C[C@H]1CN(C(=O)OC(C)(C)CN=[N+]=[N-])C[C@@H]1Oc1nc(-c2n[nH]c(=O)[nH]2)cc2ccccc12. The van der Waals surface area contributed by atoms with Gasteiger partial charge in [-0.2, -0.15) is 5.10 Å². The topological polar surface area (TPSA) is 162 Å². The highest BCUT2D eigenvalue weighted by Gasteiger charge is 2.37. The normalized spacial score (nSPS) is 18.2. The summed E-state index contributed by atoms with van der Waals surface area (Å²) < 4.78 is 11.8. The quantitative estimate of drug-likeness (QED) is 0.331. The second kappa shape index (κ2) is 8.83. The Morgan fingerprint density at radius 2 is 2.15 bits per heavy atom. The fraction of sp³-hybridized carbons (Fsp3) is 0.429. The first-order valence-corrected chi connectivity index (χ1v) is 10.5. The number of benzene rings is 1. The van der Waals surface area contributed by atoms with Gasteiger partial charge in [-0.25, -0.2) is 19.7 Å². The Morgan fingerprint density at radius 1 is 1.36 bits per heavy atom. The molecule has 2 atom stereocenters. The van der Waals surface area contributed by atoms with Crippen LogP contribution in [0, 0.1) is 5.92 Å². The van der Waals surface area contributed by atoms with Crippen LogP contribution in [0.15, 0.2) is 40.2 Å². The summed E-state index contributed by atoms with van der Waals surface area (Å²) in [5, 5.41) is 11.5. The average Bonchev–Trinajstić information content (AvgIpc) is 3.38. The van der Waals surface area contributed by atoms with E-state index in [0.29, 0.717) is 30.5 Å². The van der Waals surface area contributed by atoms with Gasteiger partial charge in [-0.3, -0.25) is 4.98 Å². The summed E-state index contributed by atoms with van der Waals surface area (Å²) in [6.45, 7) is 6.17. The Hall–Kier alpha value is -4.05. The summed E-state index contributed by atoms with van der Waals surface area (Å²) in [6.07, 6.45) is -0.811. The summed E-state index contributed by atoms with van der Waals surface area (Å²) in [6, 6.07) is 9.43. The Kier molecular flexibility index (Phi) is 5.93. The fourth-order valence-electron chi connectivity index (χ4n) is 3.69. The van der Waals surface area contributed by atoms with Gasteiger partial charge in [-0.1, -0.05) is 30.2 Å². The van der Waals surface area contributed by atoms with Gasteiger partial charge in [0.25, 0.3) is 0 Å². The molecule has 33 heavy (non-hydrogen) atoms. The molecule has 2 N–H and O–H groups in total. The molecule has 12 heteroatoms. The highest BCUT2D eigenvalue weighted by Crippen LogP contribution is 2.31. The highest BCUT2D eigenvalue weighted by molar-refractivity contribution is 5.89. The lowest BCUT2D eigenvalue weighted by Gasteiger charge is -2.26. The van der Waals surface area contributed by atoms with Crippen LogP contribution in [0.4, 0.5) is 4.79 Å². The number of ether oxygens (including phenoxy) is 2. The third-order valence-electron chi connectivity index (χ3n) is 5.39. The van der Waals surface area contributed by atoms with Gasteiger partial charge in [0.05, 0.1) is 13.1 Å². The molecule has 0 aliphatic carbocycles. The van der Waals surface area contributed by atoms with Crippen LogP contribution < -0.4 is 10.4 Å². The second-order valence-corrected chi connectivity index (χ2v) is 8.62. The molecule has 0 unspecified atom stereocenters.